The van der Waals surface area contributed by atoms with Crippen molar-refractivity contribution in [2.24, 2.45) is 0 Å². The minimum atomic E-state index is -0.373. The number of benzene rings is 3. The topological polar surface area (TPSA) is 92.7 Å². The van der Waals surface area contributed by atoms with Gasteiger partial charge in [0.2, 0.25) is 5.91 Å². The lowest BCUT2D eigenvalue weighted by molar-refractivity contribution is -0.117. The number of imidazole rings is 1. The summed E-state index contributed by atoms with van der Waals surface area (Å²) in [4.78, 5) is 32.7. The van der Waals surface area contributed by atoms with E-state index in [-0.39, 0.29) is 23.8 Å². The highest BCUT2D eigenvalue weighted by atomic mass is 19.1. The number of carbonyl (C=O) groups excluding carboxylic acids is 1. The van der Waals surface area contributed by atoms with E-state index >= 15 is 0 Å². The third-order valence-electron chi connectivity index (χ3n) is 4.94. The summed E-state index contributed by atoms with van der Waals surface area (Å²) in [5.74, 6) is -0.0854. The third kappa shape index (κ3) is 3.66. The number of aromatic nitrogens is 4. The van der Waals surface area contributed by atoms with Crippen LogP contribution in [0.2, 0.25) is 0 Å². The predicted molar refractivity (Wildman–Crippen MR) is 116 cm³/mol. The lowest BCUT2D eigenvalue weighted by atomic mass is 10.2. The number of anilines is 1. The van der Waals surface area contributed by atoms with Gasteiger partial charge >= 0.3 is 0 Å². The SMILES string of the molecule is O=C(Cn1ncc2ccccc2c1=O)Nc1ccc2nc(-c3ccc(F)cc3)[nH]c2c1. The number of nitrogens with one attached hydrogen (secondary N) is 2. The summed E-state index contributed by atoms with van der Waals surface area (Å²) in [6, 6.07) is 18.4. The molecule has 8 heteroatoms. The molecule has 0 aliphatic rings. The van der Waals surface area contributed by atoms with E-state index in [1.54, 1.807) is 54.7 Å². The van der Waals surface area contributed by atoms with E-state index in [1.807, 2.05) is 6.07 Å². The number of hydrogen-bond acceptors (Lipinski definition) is 4. The lowest BCUT2D eigenvalue weighted by Crippen LogP contribution is -2.29. The number of fused-ring (bicyclic) bond motifs is 2. The molecule has 0 saturated carbocycles. The number of hydrogen-bond donors (Lipinski definition) is 2. The molecule has 3 aromatic carbocycles. The molecule has 5 rings (SSSR count). The van der Waals surface area contributed by atoms with Crippen molar-refractivity contribution in [1.29, 1.82) is 0 Å². The zero-order valence-corrected chi connectivity index (χ0v) is 16.2. The molecule has 0 unspecified atom stereocenters. The Bertz CT molecular complexity index is 1490. The van der Waals surface area contributed by atoms with Crippen molar-refractivity contribution in [3.05, 3.63) is 89.1 Å². The van der Waals surface area contributed by atoms with Gasteiger partial charge in [-0.1, -0.05) is 18.2 Å². The van der Waals surface area contributed by atoms with Gasteiger partial charge in [0.25, 0.3) is 5.56 Å². The van der Waals surface area contributed by atoms with Gasteiger partial charge in [-0.3, -0.25) is 9.59 Å². The van der Waals surface area contributed by atoms with Crippen molar-refractivity contribution in [2.45, 2.75) is 6.54 Å². The Morgan fingerprint density at radius 1 is 1.06 bits per heavy atom. The van der Waals surface area contributed by atoms with Crippen LogP contribution in [0.3, 0.4) is 0 Å². The highest BCUT2D eigenvalue weighted by Gasteiger charge is 2.11. The molecule has 0 saturated heterocycles. The molecule has 2 aromatic heterocycles. The van der Waals surface area contributed by atoms with E-state index in [9.17, 15) is 14.0 Å². The summed E-state index contributed by atoms with van der Waals surface area (Å²) in [6.07, 6.45) is 1.57. The maximum Gasteiger partial charge on any atom is 0.275 e. The highest BCUT2D eigenvalue weighted by Crippen LogP contribution is 2.23. The predicted octanol–water partition coefficient (Wildman–Crippen LogP) is 3.72. The number of amides is 1. The van der Waals surface area contributed by atoms with Gasteiger partial charge in [-0.2, -0.15) is 5.10 Å². The zero-order chi connectivity index (χ0) is 21.4. The van der Waals surface area contributed by atoms with Gasteiger partial charge in [-0.05, 0) is 48.5 Å². The molecule has 0 atom stereocenters. The molecule has 0 aliphatic carbocycles. The molecule has 7 nitrogen and oxygen atoms in total. The number of carbonyl (C=O) groups is 1. The van der Waals surface area contributed by atoms with Crippen LogP contribution >= 0.6 is 0 Å². The second kappa shape index (κ2) is 7.49. The van der Waals surface area contributed by atoms with Crippen LogP contribution in [0.25, 0.3) is 33.2 Å². The fraction of sp³-hybridized carbons (Fsp3) is 0.0435. The molecule has 2 heterocycles. The van der Waals surface area contributed by atoms with E-state index in [0.29, 0.717) is 22.4 Å². The fourth-order valence-corrected chi connectivity index (χ4v) is 3.41. The van der Waals surface area contributed by atoms with E-state index < -0.39 is 0 Å². The summed E-state index contributed by atoms with van der Waals surface area (Å²) < 4.78 is 14.3. The Hall–Kier alpha value is -4.33. The van der Waals surface area contributed by atoms with E-state index in [2.05, 4.69) is 20.4 Å². The maximum absolute atomic E-state index is 13.1. The summed E-state index contributed by atoms with van der Waals surface area (Å²) in [5.41, 5.74) is 2.43. The van der Waals surface area contributed by atoms with Crippen molar-refractivity contribution in [3.63, 3.8) is 0 Å². The number of aromatic amines is 1. The molecule has 1 amide bonds. The van der Waals surface area contributed by atoms with Crippen molar-refractivity contribution in [1.82, 2.24) is 19.7 Å². The van der Waals surface area contributed by atoms with Gasteiger partial charge in [0.05, 0.1) is 22.6 Å². The van der Waals surface area contributed by atoms with Crippen LogP contribution in [0.5, 0.6) is 0 Å². The van der Waals surface area contributed by atoms with Crippen LogP contribution in [-0.2, 0) is 11.3 Å². The average molecular weight is 413 g/mol. The van der Waals surface area contributed by atoms with Crippen LogP contribution in [-0.4, -0.2) is 25.7 Å². The lowest BCUT2D eigenvalue weighted by Gasteiger charge is -2.07. The molecule has 0 bridgehead atoms. The zero-order valence-electron chi connectivity index (χ0n) is 16.2. The Morgan fingerprint density at radius 2 is 1.87 bits per heavy atom. The van der Waals surface area contributed by atoms with E-state index in [0.717, 1.165) is 21.1 Å². The molecule has 0 aliphatic heterocycles. The normalized spacial score (nSPS) is 11.1. The molecule has 0 fully saturated rings. The van der Waals surface area contributed by atoms with Crippen molar-refractivity contribution in [2.75, 3.05) is 5.32 Å². The third-order valence-corrected chi connectivity index (χ3v) is 4.94. The van der Waals surface area contributed by atoms with Gasteiger partial charge in [0, 0.05) is 16.6 Å². The van der Waals surface area contributed by atoms with Crippen molar-refractivity contribution in [3.8, 4) is 11.4 Å². The fourth-order valence-electron chi connectivity index (χ4n) is 3.41. The summed E-state index contributed by atoms with van der Waals surface area (Å²) in [5, 5.41) is 8.10. The number of nitrogens with zero attached hydrogens (tertiary/aromatic N) is 3. The van der Waals surface area contributed by atoms with Crippen molar-refractivity contribution >= 4 is 33.4 Å². The average Bonchev–Trinajstić information content (AvgIpc) is 3.20. The van der Waals surface area contributed by atoms with E-state index in [4.69, 9.17) is 0 Å². The van der Waals surface area contributed by atoms with Gasteiger partial charge in [-0.15, -0.1) is 0 Å². The quantitative estimate of drug-likeness (QED) is 0.470. The monoisotopic (exact) mass is 413 g/mol. The first kappa shape index (κ1) is 18.7. The second-order valence-electron chi connectivity index (χ2n) is 7.07. The first-order valence-electron chi connectivity index (χ1n) is 9.57. The second-order valence-corrected chi connectivity index (χ2v) is 7.07. The van der Waals surface area contributed by atoms with E-state index in [1.165, 1.54) is 12.1 Å². The molecule has 0 radical (unpaired) electrons. The van der Waals surface area contributed by atoms with Gasteiger partial charge < -0.3 is 10.3 Å². The summed E-state index contributed by atoms with van der Waals surface area (Å²) in [7, 11) is 0. The standard InChI is InChI=1S/C23H16FN5O2/c24-16-7-5-14(6-8-16)22-27-19-10-9-17(11-20(19)28-22)26-21(30)13-29-23(31)18-4-2-1-3-15(18)12-25-29/h1-12H,13H2,(H,26,30)(H,27,28). The van der Waals surface area contributed by atoms with Gasteiger partial charge in [0.15, 0.2) is 0 Å². The molecule has 2 N–H and O–H groups in total. The Kier molecular flexibility index (Phi) is 4.51. The first-order chi connectivity index (χ1) is 15.1. The molecular weight excluding hydrogens is 397 g/mol. The Morgan fingerprint density at radius 3 is 2.71 bits per heavy atom. The first-order valence-corrected chi connectivity index (χ1v) is 9.57. The van der Waals surface area contributed by atoms with Gasteiger partial charge in [-0.25, -0.2) is 14.1 Å². The molecule has 31 heavy (non-hydrogen) atoms. The number of halogens is 1. The van der Waals surface area contributed by atoms with Crippen LogP contribution in [0.15, 0.2) is 77.7 Å². The number of H-pyrrole nitrogens is 1. The van der Waals surface area contributed by atoms with Crippen molar-refractivity contribution < 1.29 is 9.18 Å². The van der Waals surface area contributed by atoms with Crippen LogP contribution < -0.4 is 10.9 Å². The minimum Gasteiger partial charge on any atom is -0.338 e. The van der Waals surface area contributed by atoms with Gasteiger partial charge in [0.1, 0.15) is 18.2 Å². The highest BCUT2D eigenvalue weighted by molar-refractivity contribution is 5.93. The molecule has 5 aromatic rings. The Labute approximate surface area is 175 Å². The summed E-state index contributed by atoms with van der Waals surface area (Å²) in [6.45, 7) is -0.203. The molecule has 0 spiro atoms. The number of rotatable bonds is 4. The Balaban J connectivity index is 1.36. The molecule has 152 valence electrons. The molecular formula is C23H16FN5O2. The largest absolute Gasteiger partial charge is 0.338 e. The van der Waals surface area contributed by atoms with Crippen LogP contribution in [0.1, 0.15) is 0 Å². The van der Waals surface area contributed by atoms with Crippen LogP contribution in [0.4, 0.5) is 10.1 Å². The summed E-state index contributed by atoms with van der Waals surface area (Å²) >= 11 is 0. The smallest absolute Gasteiger partial charge is 0.275 e. The van der Waals surface area contributed by atoms with Crippen LogP contribution in [0, 0.1) is 5.82 Å². The minimum absolute atomic E-state index is 0.203. The maximum atomic E-state index is 13.1.